The van der Waals surface area contributed by atoms with Gasteiger partial charge in [-0.1, -0.05) is 17.7 Å². The molecular formula is C12H13BrClN3. The van der Waals surface area contributed by atoms with Crippen LogP contribution in [0.25, 0.3) is 0 Å². The van der Waals surface area contributed by atoms with E-state index in [4.69, 9.17) is 16.9 Å². The van der Waals surface area contributed by atoms with Gasteiger partial charge in [0.05, 0.1) is 11.1 Å². The number of halogens is 2. The van der Waals surface area contributed by atoms with Crippen molar-refractivity contribution in [3.05, 3.63) is 33.3 Å². The first-order valence-corrected chi connectivity index (χ1v) is 6.25. The van der Waals surface area contributed by atoms with Crippen LogP contribution in [0.1, 0.15) is 25.5 Å². The van der Waals surface area contributed by atoms with Crippen molar-refractivity contribution in [3.63, 3.8) is 0 Å². The first-order chi connectivity index (χ1) is 7.97. The van der Waals surface area contributed by atoms with E-state index in [-0.39, 0.29) is 6.04 Å². The third-order valence-electron chi connectivity index (χ3n) is 2.73. The van der Waals surface area contributed by atoms with E-state index in [9.17, 15) is 0 Å². The van der Waals surface area contributed by atoms with Gasteiger partial charge in [0.1, 0.15) is 5.84 Å². The normalized spacial score (nSPS) is 13.1. The molecule has 0 saturated heterocycles. The first kappa shape index (κ1) is 14.0. The van der Waals surface area contributed by atoms with E-state index in [0.717, 1.165) is 10.0 Å². The van der Waals surface area contributed by atoms with E-state index >= 15 is 0 Å². The summed E-state index contributed by atoms with van der Waals surface area (Å²) in [6.07, 6.45) is 1.79. The average Bonchev–Trinajstić information content (AvgIpc) is 2.31. The van der Waals surface area contributed by atoms with Crippen LogP contribution in [0.2, 0.25) is 5.02 Å². The molecule has 0 bridgehead atoms. The van der Waals surface area contributed by atoms with Crippen molar-refractivity contribution in [1.29, 1.82) is 5.26 Å². The Labute approximate surface area is 115 Å². The first-order valence-electron chi connectivity index (χ1n) is 5.08. The lowest BCUT2D eigenvalue weighted by Crippen LogP contribution is -2.27. The minimum Gasteiger partial charge on any atom is -0.356 e. The predicted molar refractivity (Wildman–Crippen MR) is 74.1 cm³/mol. The topological polar surface area (TPSA) is 39.4 Å². The Morgan fingerprint density at radius 1 is 1.59 bits per heavy atom. The van der Waals surface area contributed by atoms with Gasteiger partial charge in [-0.05, 0) is 47.5 Å². The standard InChI is InChI=1S/C12H13BrClN3/c1-8(17(3)9(2)16-7-15)10-4-5-11(13)12(14)6-10/h4-6,8H,1-3H3. The van der Waals surface area contributed by atoms with Gasteiger partial charge in [0.25, 0.3) is 0 Å². The van der Waals surface area contributed by atoms with Crippen molar-refractivity contribution in [1.82, 2.24) is 4.90 Å². The van der Waals surface area contributed by atoms with Gasteiger partial charge < -0.3 is 4.90 Å². The van der Waals surface area contributed by atoms with Crippen LogP contribution in [0.4, 0.5) is 0 Å². The number of benzene rings is 1. The number of nitriles is 1. The van der Waals surface area contributed by atoms with Crippen LogP contribution < -0.4 is 0 Å². The van der Waals surface area contributed by atoms with Crippen LogP contribution in [-0.4, -0.2) is 17.8 Å². The van der Waals surface area contributed by atoms with Gasteiger partial charge >= 0.3 is 0 Å². The summed E-state index contributed by atoms with van der Waals surface area (Å²) in [5.74, 6) is 0.680. The molecule has 1 aromatic rings. The fourth-order valence-corrected chi connectivity index (χ4v) is 1.86. The van der Waals surface area contributed by atoms with Crippen LogP contribution in [0.15, 0.2) is 27.7 Å². The minimum atomic E-state index is 0.109. The number of amidine groups is 1. The highest BCUT2D eigenvalue weighted by molar-refractivity contribution is 9.10. The van der Waals surface area contributed by atoms with Crippen molar-refractivity contribution in [2.75, 3.05) is 7.05 Å². The summed E-state index contributed by atoms with van der Waals surface area (Å²) < 4.78 is 0.875. The molecule has 0 radical (unpaired) electrons. The zero-order valence-electron chi connectivity index (χ0n) is 9.91. The van der Waals surface area contributed by atoms with Crippen LogP contribution in [0, 0.1) is 11.5 Å². The summed E-state index contributed by atoms with van der Waals surface area (Å²) in [7, 11) is 1.90. The molecule has 1 rings (SSSR count). The molecule has 0 amide bonds. The molecule has 1 atom stereocenters. The summed E-state index contributed by atoms with van der Waals surface area (Å²) >= 11 is 9.41. The van der Waals surface area contributed by atoms with Crippen LogP contribution in [-0.2, 0) is 0 Å². The summed E-state index contributed by atoms with van der Waals surface area (Å²) in [6, 6.07) is 5.93. The smallest absolute Gasteiger partial charge is 0.207 e. The minimum absolute atomic E-state index is 0.109. The van der Waals surface area contributed by atoms with Gasteiger partial charge in [-0.15, -0.1) is 0 Å². The molecule has 1 aromatic carbocycles. The van der Waals surface area contributed by atoms with Crippen LogP contribution in [0.3, 0.4) is 0 Å². The summed E-state index contributed by atoms with van der Waals surface area (Å²) in [6.45, 7) is 3.84. The van der Waals surface area contributed by atoms with Crippen LogP contribution in [0.5, 0.6) is 0 Å². The zero-order chi connectivity index (χ0) is 13.0. The Kier molecular flexibility index (Phi) is 4.98. The van der Waals surface area contributed by atoms with Crippen molar-refractivity contribution < 1.29 is 0 Å². The number of hydrogen-bond acceptors (Lipinski definition) is 2. The molecule has 0 heterocycles. The number of aliphatic imine (C=N–C) groups is 1. The molecule has 0 aliphatic heterocycles. The molecule has 90 valence electrons. The summed E-state index contributed by atoms with van der Waals surface area (Å²) in [5.41, 5.74) is 1.08. The zero-order valence-corrected chi connectivity index (χ0v) is 12.2. The molecule has 3 nitrogen and oxygen atoms in total. The fourth-order valence-electron chi connectivity index (χ4n) is 1.43. The molecule has 5 heteroatoms. The van der Waals surface area contributed by atoms with E-state index in [2.05, 4.69) is 20.9 Å². The molecule has 1 unspecified atom stereocenters. The lowest BCUT2D eigenvalue weighted by Gasteiger charge is -2.26. The quantitative estimate of drug-likeness (QED) is 0.470. The van der Waals surface area contributed by atoms with Crippen molar-refractivity contribution in [2.24, 2.45) is 4.99 Å². The lowest BCUT2D eigenvalue weighted by atomic mass is 10.1. The second-order valence-electron chi connectivity index (χ2n) is 3.72. The van der Waals surface area contributed by atoms with Gasteiger partial charge in [-0.25, -0.2) is 0 Å². The van der Waals surface area contributed by atoms with Crippen molar-refractivity contribution >= 4 is 33.4 Å². The second-order valence-corrected chi connectivity index (χ2v) is 4.98. The van der Waals surface area contributed by atoms with Gasteiger partial charge in [0.15, 0.2) is 0 Å². The van der Waals surface area contributed by atoms with E-state index < -0.39 is 0 Å². The molecular weight excluding hydrogens is 302 g/mol. The largest absolute Gasteiger partial charge is 0.356 e. The van der Waals surface area contributed by atoms with Crippen molar-refractivity contribution in [2.45, 2.75) is 19.9 Å². The fraction of sp³-hybridized carbons (Fsp3) is 0.333. The third kappa shape index (κ3) is 3.45. The molecule has 0 aromatic heterocycles. The number of rotatable bonds is 2. The van der Waals surface area contributed by atoms with Crippen LogP contribution >= 0.6 is 27.5 Å². The number of hydrogen-bond donors (Lipinski definition) is 0. The molecule has 0 aliphatic rings. The van der Waals surface area contributed by atoms with E-state index in [0.29, 0.717) is 10.9 Å². The highest BCUT2D eigenvalue weighted by atomic mass is 79.9. The summed E-state index contributed by atoms with van der Waals surface area (Å²) in [4.78, 5) is 5.65. The van der Waals surface area contributed by atoms with Crippen molar-refractivity contribution in [3.8, 4) is 6.19 Å². The molecule has 0 aliphatic carbocycles. The Morgan fingerprint density at radius 2 is 2.24 bits per heavy atom. The highest BCUT2D eigenvalue weighted by Gasteiger charge is 2.13. The third-order valence-corrected chi connectivity index (χ3v) is 3.96. The predicted octanol–water partition coefficient (Wildman–Crippen LogP) is 3.99. The highest BCUT2D eigenvalue weighted by Crippen LogP contribution is 2.28. The Balaban J connectivity index is 2.97. The van der Waals surface area contributed by atoms with Gasteiger partial charge in [0, 0.05) is 11.5 Å². The monoisotopic (exact) mass is 313 g/mol. The summed E-state index contributed by atoms with van der Waals surface area (Å²) in [5, 5.41) is 9.21. The Hall–Kier alpha value is -1.05. The Bertz CT molecular complexity index is 479. The lowest BCUT2D eigenvalue weighted by molar-refractivity contribution is 0.400. The molecule has 17 heavy (non-hydrogen) atoms. The molecule has 0 N–H and O–H groups in total. The Morgan fingerprint density at radius 3 is 2.76 bits per heavy atom. The van der Waals surface area contributed by atoms with Gasteiger partial charge in [-0.3, -0.25) is 0 Å². The SMILES string of the molecule is CC(=NC#N)N(C)C(C)c1ccc(Br)c(Cl)c1. The van der Waals surface area contributed by atoms with E-state index in [1.54, 1.807) is 13.1 Å². The molecule has 0 spiro atoms. The molecule has 0 saturated carbocycles. The van der Waals surface area contributed by atoms with E-state index in [1.807, 2.05) is 37.1 Å². The molecule has 0 fully saturated rings. The maximum Gasteiger partial charge on any atom is 0.207 e. The second kappa shape index (κ2) is 6.04. The average molecular weight is 315 g/mol. The van der Waals surface area contributed by atoms with Gasteiger partial charge in [-0.2, -0.15) is 10.3 Å². The van der Waals surface area contributed by atoms with Gasteiger partial charge in [0.2, 0.25) is 6.19 Å². The maximum atomic E-state index is 8.53. The maximum absolute atomic E-state index is 8.53. The van der Waals surface area contributed by atoms with E-state index in [1.165, 1.54) is 0 Å². The number of nitrogens with zero attached hydrogens (tertiary/aromatic N) is 3.